The third-order valence-corrected chi connectivity index (χ3v) is 4.68. The normalized spacial score (nSPS) is 14.6. The summed E-state index contributed by atoms with van der Waals surface area (Å²) in [6.45, 7) is 5.56. The van der Waals surface area contributed by atoms with Crippen LogP contribution in [0.15, 0.2) is 0 Å². The number of carbonyl (C=O) groups is 2. The minimum atomic E-state index is -0.488. The van der Waals surface area contributed by atoms with Gasteiger partial charge in [-0.25, -0.2) is 4.79 Å². The Labute approximate surface area is 123 Å². The molecule has 1 N–H and O–H groups in total. The van der Waals surface area contributed by atoms with Gasteiger partial charge in [0.2, 0.25) is 5.91 Å². The average Bonchev–Trinajstić information content (AvgIpc) is 2.74. The molecule has 0 radical (unpaired) electrons. The van der Waals surface area contributed by atoms with Crippen LogP contribution < -0.4 is 5.32 Å². The van der Waals surface area contributed by atoms with Gasteiger partial charge in [-0.3, -0.25) is 4.79 Å². The lowest BCUT2D eigenvalue weighted by Crippen LogP contribution is -2.28. The van der Waals surface area contributed by atoms with Crippen molar-refractivity contribution in [2.75, 3.05) is 12.4 Å². The minimum Gasteiger partial charge on any atom is -0.465 e. The fourth-order valence-electron chi connectivity index (χ4n) is 2.26. The molecule has 0 atom stereocenters. The van der Waals surface area contributed by atoms with Crippen LogP contribution in [0.2, 0.25) is 0 Å². The van der Waals surface area contributed by atoms with Crippen LogP contribution in [-0.4, -0.2) is 19.0 Å². The molecule has 0 aromatic carbocycles. The molecule has 1 aliphatic rings. The van der Waals surface area contributed by atoms with Gasteiger partial charge in [0.1, 0.15) is 5.00 Å². The van der Waals surface area contributed by atoms with E-state index in [1.165, 1.54) is 23.3 Å². The molecule has 0 fully saturated rings. The van der Waals surface area contributed by atoms with E-state index >= 15 is 0 Å². The van der Waals surface area contributed by atoms with E-state index in [1.807, 2.05) is 20.8 Å². The predicted molar refractivity (Wildman–Crippen MR) is 80.4 cm³/mol. The van der Waals surface area contributed by atoms with Gasteiger partial charge in [0.25, 0.3) is 0 Å². The summed E-state index contributed by atoms with van der Waals surface area (Å²) in [5.74, 6) is -0.435. The van der Waals surface area contributed by atoms with Crippen LogP contribution in [0.4, 0.5) is 5.00 Å². The third kappa shape index (κ3) is 2.87. The summed E-state index contributed by atoms with van der Waals surface area (Å²) in [5, 5.41) is 3.54. The summed E-state index contributed by atoms with van der Waals surface area (Å²) in [5.41, 5.74) is 1.14. The molecule has 20 heavy (non-hydrogen) atoms. The van der Waals surface area contributed by atoms with Crippen molar-refractivity contribution >= 4 is 28.2 Å². The van der Waals surface area contributed by atoms with Gasteiger partial charge in [0.05, 0.1) is 12.7 Å². The molecule has 5 heteroatoms. The molecule has 1 aliphatic carbocycles. The molecule has 1 aromatic rings. The molecule has 2 rings (SSSR count). The van der Waals surface area contributed by atoms with Crippen LogP contribution in [0.1, 0.15) is 54.4 Å². The lowest BCUT2D eigenvalue weighted by molar-refractivity contribution is -0.123. The Kier molecular flexibility index (Phi) is 4.18. The largest absolute Gasteiger partial charge is 0.465 e. The molecule has 0 bridgehead atoms. The number of thiophene rings is 1. The van der Waals surface area contributed by atoms with E-state index in [2.05, 4.69) is 5.32 Å². The summed E-state index contributed by atoms with van der Waals surface area (Å²) in [4.78, 5) is 25.4. The molecule has 4 nitrogen and oxygen atoms in total. The maximum atomic E-state index is 12.2. The van der Waals surface area contributed by atoms with Crippen LogP contribution in [-0.2, 0) is 22.4 Å². The van der Waals surface area contributed by atoms with Gasteiger partial charge in [0, 0.05) is 10.3 Å². The number of esters is 1. The number of hydrogen-bond donors (Lipinski definition) is 1. The summed E-state index contributed by atoms with van der Waals surface area (Å²) in [7, 11) is 1.38. The van der Waals surface area contributed by atoms with Crippen molar-refractivity contribution in [3.63, 3.8) is 0 Å². The number of aryl methyl sites for hydroxylation is 1. The topological polar surface area (TPSA) is 55.4 Å². The fraction of sp³-hybridized carbons (Fsp3) is 0.600. The van der Waals surface area contributed by atoms with E-state index in [1.54, 1.807) is 0 Å². The van der Waals surface area contributed by atoms with Gasteiger partial charge >= 0.3 is 5.97 Å². The first-order valence-corrected chi connectivity index (χ1v) is 7.70. The molecule has 1 heterocycles. The molecular weight excluding hydrogens is 274 g/mol. The van der Waals surface area contributed by atoms with E-state index < -0.39 is 5.41 Å². The maximum absolute atomic E-state index is 12.2. The Morgan fingerprint density at radius 2 is 1.85 bits per heavy atom. The Bertz CT molecular complexity index is 540. The van der Waals surface area contributed by atoms with Crippen molar-refractivity contribution in [3.05, 3.63) is 16.0 Å². The third-order valence-electron chi connectivity index (χ3n) is 3.47. The Hall–Kier alpha value is -1.36. The zero-order chi connectivity index (χ0) is 14.9. The number of amides is 1. The first-order valence-electron chi connectivity index (χ1n) is 6.89. The van der Waals surface area contributed by atoms with Crippen LogP contribution >= 0.6 is 11.3 Å². The number of carbonyl (C=O) groups excluding carboxylic acids is 2. The van der Waals surface area contributed by atoms with E-state index in [0.29, 0.717) is 10.6 Å². The lowest BCUT2D eigenvalue weighted by Gasteiger charge is -2.17. The monoisotopic (exact) mass is 295 g/mol. The number of anilines is 1. The van der Waals surface area contributed by atoms with Crippen LogP contribution in [0.25, 0.3) is 0 Å². The van der Waals surface area contributed by atoms with Crippen LogP contribution in [0.3, 0.4) is 0 Å². The standard InChI is InChI=1S/C15H21NO3S/c1-15(2,3)14(18)16-12-11(13(17)19-4)9-7-5-6-8-10(9)20-12/h5-8H2,1-4H3,(H,16,18). The fourth-order valence-corrected chi connectivity index (χ4v) is 3.54. The summed E-state index contributed by atoms with van der Waals surface area (Å²) >= 11 is 1.52. The Balaban J connectivity index is 2.39. The summed E-state index contributed by atoms with van der Waals surface area (Å²) in [6, 6.07) is 0. The number of hydrogen-bond acceptors (Lipinski definition) is 4. The first-order chi connectivity index (χ1) is 9.34. The van der Waals surface area contributed by atoms with E-state index in [-0.39, 0.29) is 11.9 Å². The molecule has 0 saturated heterocycles. The maximum Gasteiger partial charge on any atom is 0.341 e. The zero-order valence-corrected chi connectivity index (χ0v) is 13.3. The summed E-state index contributed by atoms with van der Waals surface area (Å²) < 4.78 is 4.88. The van der Waals surface area contributed by atoms with Gasteiger partial charge in [-0.2, -0.15) is 0 Å². The van der Waals surface area contributed by atoms with Crippen molar-refractivity contribution < 1.29 is 14.3 Å². The molecule has 0 unspecified atom stereocenters. The van der Waals surface area contributed by atoms with Gasteiger partial charge in [-0.15, -0.1) is 11.3 Å². The van der Waals surface area contributed by atoms with Crippen LogP contribution in [0.5, 0.6) is 0 Å². The van der Waals surface area contributed by atoms with Crippen molar-refractivity contribution in [2.24, 2.45) is 5.41 Å². The predicted octanol–water partition coefficient (Wildman–Crippen LogP) is 3.40. The zero-order valence-electron chi connectivity index (χ0n) is 12.5. The second kappa shape index (κ2) is 5.56. The molecule has 0 aliphatic heterocycles. The van der Waals surface area contributed by atoms with Crippen molar-refractivity contribution in [3.8, 4) is 0 Å². The minimum absolute atomic E-state index is 0.0822. The highest BCUT2D eigenvalue weighted by atomic mass is 32.1. The second-order valence-electron chi connectivity index (χ2n) is 6.11. The molecule has 1 amide bonds. The highest BCUT2D eigenvalue weighted by Gasteiger charge is 2.29. The van der Waals surface area contributed by atoms with Crippen LogP contribution in [0, 0.1) is 5.41 Å². The molecule has 1 aromatic heterocycles. The molecule has 0 saturated carbocycles. The van der Waals surface area contributed by atoms with Crippen molar-refractivity contribution in [1.29, 1.82) is 0 Å². The number of methoxy groups -OCH3 is 1. The first kappa shape index (κ1) is 15.0. The second-order valence-corrected chi connectivity index (χ2v) is 7.22. The average molecular weight is 295 g/mol. The number of nitrogens with one attached hydrogen (secondary N) is 1. The van der Waals surface area contributed by atoms with Crippen molar-refractivity contribution in [1.82, 2.24) is 0 Å². The molecule has 110 valence electrons. The summed E-state index contributed by atoms with van der Waals surface area (Å²) in [6.07, 6.45) is 4.10. The van der Waals surface area contributed by atoms with Gasteiger partial charge < -0.3 is 10.1 Å². The molecular formula is C15H21NO3S. The van der Waals surface area contributed by atoms with Gasteiger partial charge in [-0.1, -0.05) is 20.8 Å². The molecule has 0 spiro atoms. The van der Waals surface area contributed by atoms with Gasteiger partial charge in [0.15, 0.2) is 0 Å². The van der Waals surface area contributed by atoms with E-state index in [9.17, 15) is 9.59 Å². The van der Waals surface area contributed by atoms with Gasteiger partial charge in [-0.05, 0) is 31.2 Å². The van der Waals surface area contributed by atoms with Crippen molar-refractivity contribution in [2.45, 2.75) is 46.5 Å². The lowest BCUT2D eigenvalue weighted by atomic mass is 9.94. The SMILES string of the molecule is COC(=O)c1c(NC(=O)C(C)(C)C)sc2c1CCCC2. The number of ether oxygens (including phenoxy) is 1. The number of rotatable bonds is 2. The Morgan fingerprint density at radius 3 is 2.45 bits per heavy atom. The Morgan fingerprint density at radius 1 is 1.20 bits per heavy atom. The quantitative estimate of drug-likeness (QED) is 0.851. The smallest absolute Gasteiger partial charge is 0.341 e. The number of fused-ring (bicyclic) bond motifs is 1. The highest BCUT2D eigenvalue weighted by molar-refractivity contribution is 7.17. The highest BCUT2D eigenvalue weighted by Crippen LogP contribution is 2.39. The van der Waals surface area contributed by atoms with E-state index in [4.69, 9.17) is 4.74 Å². The van der Waals surface area contributed by atoms with E-state index in [0.717, 1.165) is 31.2 Å².